The molecule has 0 saturated heterocycles. The monoisotopic (exact) mass is 344 g/mol. The minimum absolute atomic E-state index is 0.108. The van der Waals surface area contributed by atoms with Gasteiger partial charge in [-0.2, -0.15) is 5.26 Å². The van der Waals surface area contributed by atoms with Crippen LogP contribution in [0.15, 0.2) is 53.0 Å². The summed E-state index contributed by atoms with van der Waals surface area (Å²) >= 11 is 3.48. The summed E-state index contributed by atoms with van der Waals surface area (Å²) in [5, 5.41) is 12.7. The van der Waals surface area contributed by atoms with E-state index in [1.54, 1.807) is 0 Å². The molecule has 0 aromatic heterocycles. The first kappa shape index (κ1) is 15.4. The summed E-state index contributed by atoms with van der Waals surface area (Å²) in [5.74, 6) is 0.775. The number of benzene rings is 2. The van der Waals surface area contributed by atoms with Crippen molar-refractivity contribution in [3.8, 4) is 11.8 Å². The predicted molar refractivity (Wildman–Crippen MR) is 88.3 cm³/mol. The van der Waals surface area contributed by atoms with Crippen molar-refractivity contribution in [1.29, 1.82) is 5.26 Å². The number of para-hydroxylation sites is 1. The van der Waals surface area contributed by atoms with Gasteiger partial charge >= 0.3 is 0 Å². The molecule has 2 aromatic carbocycles. The van der Waals surface area contributed by atoms with Crippen LogP contribution >= 0.6 is 15.9 Å². The van der Waals surface area contributed by atoms with Crippen molar-refractivity contribution in [3.05, 3.63) is 58.6 Å². The highest BCUT2D eigenvalue weighted by Gasteiger charge is 2.12. The van der Waals surface area contributed by atoms with Crippen molar-refractivity contribution in [2.24, 2.45) is 0 Å². The zero-order valence-electron chi connectivity index (χ0n) is 12.0. The molecule has 108 valence electrons. The second-order valence-corrected chi connectivity index (χ2v) is 5.78. The lowest BCUT2D eigenvalue weighted by molar-refractivity contribution is 0.242. The third-order valence-corrected chi connectivity index (χ3v) is 3.56. The molecule has 1 unspecified atom stereocenters. The maximum atomic E-state index is 9.44. The highest BCUT2D eigenvalue weighted by Crippen LogP contribution is 2.27. The Hall–Kier alpha value is -1.99. The van der Waals surface area contributed by atoms with Crippen LogP contribution in [0, 0.1) is 11.3 Å². The Morgan fingerprint density at radius 2 is 1.90 bits per heavy atom. The minimum Gasteiger partial charge on any atom is -0.491 e. The highest BCUT2D eigenvalue weighted by molar-refractivity contribution is 9.10. The molecule has 0 spiro atoms. The molecule has 21 heavy (non-hydrogen) atoms. The molecule has 0 fully saturated rings. The van der Waals surface area contributed by atoms with Gasteiger partial charge in [-0.15, -0.1) is 0 Å². The second-order valence-electron chi connectivity index (χ2n) is 4.93. The topological polar surface area (TPSA) is 45.0 Å². The maximum Gasteiger partial charge on any atom is 0.140 e. The first-order valence-electron chi connectivity index (χ1n) is 6.77. The van der Waals surface area contributed by atoms with Gasteiger partial charge in [-0.1, -0.05) is 24.3 Å². The second kappa shape index (κ2) is 7.14. The third kappa shape index (κ3) is 4.24. The molecule has 0 aliphatic carbocycles. The summed E-state index contributed by atoms with van der Waals surface area (Å²) in [6, 6.07) is 17.2. The van der Waals surface area contributed by atoms with Crippen molar-refractivity contribution in [3.63, 3.8) is 0 Å². The number of rotatable bonds is 5. The van der Waals surface area contributed by atoms with Crippen LogP contribution in [0.1, 0.15) is 25.5 Å². The van der Waals surface area contributed by atoms with E-state index < -0.39 is 6.04 Å². The fourth-order valence-corrected chi connectivity index (χ4v) is 2.36. The molecule has 1 atom stereocenters. The lowest BCUT2D eigenvalue weighted by Gasteiger charge is -2.16. The van der Waals surface area contributed by atoms with Gasteiger partial charge in [0.25, 0.3) is 0 Å². The Kier molecular flexibility index (Phi) is 5.24. The number of ether oxygens (including phenoxy) is 1. The van der Waals surface area contributed by atoms with E-state index >= 15 is 0 Å². The van der Waals surface area contributed by atoms with E-state index in [0.717, 1.165) is 21.5 Å². The Labute approximate surface area is 133 Å². The van der Waals surface area contributed by atoms with Crippen LogP contribution in [0.5, 0.6) is 5.75 Å². The van der Waals surface area contributed by atoms with E-state index in [4.69, 9.17) is 4.74 Å². The number of hydrogen-bond acceptors (Lipinski definition) is 3. The Morgan fingerprint density at radius 3 is 2.57 bits per heavy atom. The van der Waals surface area contributed by atoms with Crippen molar-refractivity contribution in [2.75, 3.05) is 5.32 Å². The SMILES string of the molecule is CC(C)Oc1cccc(C(C#N)Nc2ccccc2Br)c1. The molecule has 2 rings (SSSR count). The molecular weight excluding hydrogens is 328 g/mol. The summed E-state index contributed by atoms with van der Waals surface area (Å²) in [4.78, 5) is 0. The van der Waals surface area contributed by atoms with Crippen LogP contribution in [-0.2, 0) is 0 Å². The van der Waals surface area contributed by atoms with Crippen LogP contribution < -0.4 is 10.1 Å². The Morgan fingerprint density at radius 1 is 1.14 bits per heavy atom. The smallest absolute Gasteiger partial charge is 0.140 e. The fourth-order valence-electron chi connectivity index (χ4n) is 1.96. The van der Waals surface area contributed by atoms with Gasteiger partial charge in [0.1, 0.15) is 11.8 Å². The van der Waals surface area contributed by atoms with E-state index in [-0.39, 0.29) is 6.10 Å². The van der Waals surface area contributed by atoms with Crippen LogP contribution in [-0.4, -0.2) is 6.10 Å². The highest BCUT2D eigenvalue weighted by atomic mass is 79.9. The molecule has 4 heteroatoms. The summed E-state index contributed by atoms with van der Waals surface area (Å²) in [7, 11) is 0. The molecule has 0 bridgehead atoms. The molecule has 0 radical (unpaired) electrons. The summed E-state index contributed by atoms with van der Waals surface area (Å²) in [6.45, 7) is 3.96. The number of nitrogens with one attached hydrogen (secondary N) is 1. The van der Waals surface area contributed by atoms with Crippen molar-refractivity contribution >= 4 is 21.6 Å². The third-order valence-electron chi connectivity index (χ3n) is 2.87. The van der Waals surface area contributed by atoms with Gasteiger partial charge in [0.15, 0.2) is 0 Å². The van der Waals surface area contributed by atoms with E-state index in [1.165, 1.54) is 0 Å². The normalized spacial score (nSPS) is 11.8. The largest absolute Gasteiger partial charge is 0.491 e. The Balaban J connectivity index is 2.22. The van der Waals surface area contributed by atoms with Crippen LogP contribution in [0.2, 0.25) is 0 Å². The number of nitrogens with zero attached hydrogens (tertiary/aromatic N) is 1. The summed E-state index contributed by atoms with van der Waals surface area (Å²) in [6.07, 6.45) is 0.108. The maximum absolute atomic E-state index is 9.44. The molecule has 2 aromatic rings. The molecular formula is C17H17BrN2O. The van der Waals surface area contributed by atoms with E-state index in [1.807, 2.05) is 62.4 Å². The van der Waals surface area contributed by atoms with Gasteiger partial charge in [0.2, 0.25) is 0 Å². The van der Waals surface area contributed by atoms with E-state index in [2.05, 4.69) is 27.3 Å². The lowest BCUT2D eigenvalue weighted by atomic mass is 10.1. The standard InChI is InChI=1S/C17H17BrN2O/c1-12(2)21-14-7-5-6-13(10-14)17(11-19)20-16-9-4-3-8-15(16)18/h3-10,12,17,20H,1-2H3. The Bertz CT molecular complexity index is 649. The predicted octanol–water partition coefficient (Wildman–Crippen LogP) is 4.91. The molecule has 0 aliphatic heterocycles. The van der Waals surface area contributed by atoms with Gasteiger partial charge in [0.05, 0.1) is 12.2 Å². The average molecular weight is 345 g/mol. The zero-order valence-corrected chi connectivity index (χ0v) is 13.6. The molecule has 1 N–H and O–H groups in total. The first-order chi connectivity index (χ1) is 10.1. The van der Waals surface area contributed by atoms with Crippen LogP contribution in [0.4, 0.5) is 5.69 Å². The lowest BCUT2D eigenvalue weighted by Crippen LogP contribution is -2.10. The van der Waals surface area contributed by atoms with Gasteiger partial charge in [-0.05, 0) is 59.6 Å². The molecule has 0 aliphatic rings. The average Bonchev–Trinajstić information content (AvgIpc) is 2.46. The van der Waals surface area contributed by atoms with Gasteiger partial charge < -0.3 is 10.1 Å². The number of hydrogen-bond donors (Lipinski definition) is 1. The number of anilines is 1. The molecule has 0 saturated carbocycles. The van der Waals surface area contributed by atoms with E-state index in [9.17, 15) is 5.26 Å². The first-order valence-corrected chi connectivity index (χ1v) is 7.56. The van der Waals surface area contributed by atoms with Crippen LogP contribution in [0.25, 0.3) is 0 Å². The van der Waals surface area contributed by atoms with Crippen LogP contribution in [0.3, 0.4) is 0 Å². The molecule has 0 amide bonds. The van der Waals surface area contributed by atoms with Gasteiger partial charge in [0, 0.05) is 10.2 Å². The number of halogens is 1. The summed E-state index contributed by atoms with van der Waals surface area (Å²) < 4.78 is 6.61. The van der Waals surface area contributed by atoms with Crippen molar-refractivity contribution in [2.45, 2.75) is 26.0 Å². The zero-order chi connectivity index (χ0) is 15.2. The quantitative estimate of drug-likeness (QED) is 0.837. The number of nitriles is 1. The van der Waals surface area contributed by atoms with Crippen molar-refractivity contribution in [1.82, 2.24) is 0 Å². The molecule has 0 heterocycles. The van der Waals surface area contributed by atoms with Gasteiger partial charge in [-0.25, -0.2) is 0 Å². The van der Waals surface area contributed by atoms with E-state index in [0.29, 0.717) is 0 Å². The van der Waals surface area contributed by atoms with Gasteiger partial charge in [-0.3, -0.25) is 0 Å². The minimum atomic E-state index is -0.431. The fraction of sp³-hybridized carbons (Fsp3) is 0.235. The molecule has 3 nitrogen and oxygen atoms in total. The summed E-state index contributed by atoms with van der Waals surface area (Å²) in [5.41, 5.74) is 1.77. The van der Waals surface area contributed by atoms with Crippen molar-refractivity contribution < 1.29 is 4.74 Å².